The van der Waals surface area contributed by atoms with E-state index in [1.807, 2.05) is 48.5 Å². The Morgan fingerprint density at radius 2 is 1.55 bits per heavy atom. The van der Waals surface area contributed by atoms with Gasteiger partial charge in [0.2, 0.25) is 0 Å². The fourth-order valence-corrected chi connectivity index (χ4v) is 5.98. The van der Waals surface area contributed by atoms with Gasteiger partial charge in [-0.25, -0.2) is 4.79 Å². The SMILES string of the molecule is C=C(C)C(=O)OCCCCCCCCP1(=O)Oc2ccccc2-c2ccccc21. The highest BCUT2D eigenvalue weighted by molar-refractivity contribution is 7.67. The van der Waals surface area contributed by atoms with Crippen LogP contribution in [0.1, 0.15) is 45.4 Å². The van der Waals surface area contributed by atoms with E-state index < -0.39 is 7.37 Å². The van der Waals surface area contributed by atoms with Gasteiger partial charge in [-0.2, -0.15) is 0 Å². The average Bonchev–Trinajstić information content (AvgIpc) is 2.72. The Morgan fingerprint density at radius 3 is 2.31 bits per heavy atom. The average molecular weight is 412 g/mol. The van der Waals surface area contributed by atoms with Crippen LogP contribution in [-0.4, -0.2) is 18.7 Å². The van der Waals surface area contributed by atoms with Gasteiger partial charge in [-0.15, -0.1) is 0 Å². The van der Waals surface area contributed by atoms with Crippen LogP contribution in [0.25, 0.3) is 11.1 Å². The predicted molar refractivity (Wildman–Crippen MR) is 118 cm³/mol. The first kappa shape index (κ1) is 21.4. The first-order chi connectivity index (χ1) is 14.0. The van der Waals surface area contributed by atoms with Crippen LogP contribution in [-0.2, 0) is 14.1 Å². The molecule has 0 fully saturated rings. The van der Waals surface area contributed by atoms with E-state index >= 15 is 0 Å². The second-order valence-electron chi connectivity index (χ2n) is 7.54. The van der Waals surface area contributed by atoms with Crippen LogP contribution in [0, 0.1) is 0 Å². The topological polar surface area (TPSA) is 52.6 Å². The minimum atomic E-state index is -2.89. The molecule has 0 saturated carbocycles. The predicted octanol–water partition coefficient (Wildman–Crippen LogP) is 6.11. The van der Waals surface area contributed by atoms with Crippen molar-refractivity contribution in [1.82, 2.24) is 0 Å². The molecule has 1 heterocycles. The normalized spacial score (nSPS) is 17.0. The van der Waals surface area contributed by atoms with Crippen LogP contribution in [0.4, 0.5) is 0 Å². The molecule has 2 aromatic carbocycles. The summed E-state index contributed by atoms with van der Waals surface area (Å²) in [5.74, 6) is 0.405. The van der Waals surface area contributed by atoms with Gasteiger partial charge in [-0.1, -0.05) is 68.7 Å². The molecule has 1 atom stereocenters. The third kappa shape index (κ3) is 5.39. The number of para-hydroxylation sites is 1. The Kier molecular flexibility index (Phi) is 7.33. The minimum absolute atomic E-state index is 0.316. The van der Waals surface area contributed by atoms with Crippen molar-refractivity contribution >= 4 is 18.6 Å². The molecule has 0 aliphatic carbocycles. The quantitative estimate of drug-likeness (QED) is 0.204. The highest BCUT2D eigenvalue weighted by atomic mass is 31.2. The summed E-state index contributed by atoms with van der Waals surface area (Å²) in [4.78, 5) is 11.3. The molecule has 4 nitrogen and oxygen atoms in total. The van der Waals surface area contributed by atoms with Gasteiger partial charge in [0.05, 0.1) is 11.9 Å². The summed E-state index contributed by atoms with van der Waals surface area (Å²) in [7, 11) is -2.89. The van der Waals surface area contributed by atoms with Crippen molar-refractivity contribution in [1.29, 1.82) is 0 Å². The molecule has 1 unspecified atom stereocenters. The maximum Gasteiger partial charge on any atom is 0.333 e. The zero-order valence-corrected chi connectivity index (χ0v) is 18.0. The fraction of sp³-hybridized carbons (Fsp3) is 0.375. The number of carbonyl (C=O) groups excluding carboxylic acids is 1. The lowest BCUT2D eigenvalue weighted by atomic mass is 10.0. The number of ether oxygens (including phenoxy) is 1. The Hall–Kier alpha value is -2.32. The van der Waals surface area contributed by atoms with Crippen molar-refractivity contribution in [3.05, 3.63) is 60.7 Å². The highest BCUT2D eigenvalue weighted by Crippen LogP contribution is 2.54. The van der Waals surface area contributed by atoms with E-state index in [0.29, 0.717) is 18.3 Å². The van der Waals surface area contributed by atoms with E-state index in [1.54, 1.807) is 6.92 Å². The Morgan fingerprint density at radius 1 is 0.931 bits per heavy atom. The van der Waals surface area contributed by atoms with Gasteiger partial charge in [0.1, 0.15) is 5.75 Å². The van der Waals surface area contributed by atoms with Gasteiger partial charge in [-0.05, 0) is 37.5 Å². The molecule has 0 amide bonds. The second kappa shape index (κ2) is 9.93. The molecule has 0 radical (unpaired) electrons. The van der Waals surface area contributed by atoms with Gasteiger partial charge in [0.15, 0.2) is 0 Å². The van der Waals surface area contributed by atoms with E-state index in [9.17, 15) is 9.36 Å². The zero-order valence-electron chi connectivity index (χ0n) is 17.1. The van der Waals surface area contributed by atoms with Crippen molar-refractivity contribution in [2.45, 2.75) is 45.4 Å². The van der Waals surface area contributed by atoms with Crippen LogP contribution >= 0.6 is 7.37 Å². The van der Waals surface area contributed by atoms with E-state index in [2.05, 4.69) is 6.58 Å². The summed E-state index contributed by atoms with van der Waals surface area (Å²) >= 11 is 0. The molecule has 0 saturated heterocycles. The molecule has 0 bridgehead atoms. The first-order valence-electron chi connectivity index (χ1n) is 10.3. The van der Waals surface area contributed by atoms with Crippen molar-refractivity contribution in [2.75, 3.05) is 12.8 Å². The summed E-state index contributed by atoms with van der Waals surface area (Å²) in [6.07, 6.45) is 6.50. The number of hydrogen-bond acceptors (Lipinski definition) is 4. The van der Waals surface area contributed by atoms with Crippen LogP contribution in [0.15, 0.2) is 60.7 Å². The number of carbonyl (C=O) groups is 1. The number of benzene rings is 2. The third-order valence-corrected chi connectivity index (χ3v) is 7.64. The smallest absolute Gasteiger partial charge is 0.333 e. The largest absolute Gasteiger partial charge is 0.462 e. The molecule has 5 heteroatoms. The molecule has 2 aromatic rings. The minimum Gasteiger partial charge on any atom is -0.462 e. The van der Waals surface area contributed by atoms with Crippen molar-refractivity contribution in [3.63, 3.8) is 0 Å². The lowest BCUT2D eigenvalue weighted by Crippen LogP contribution is -2.19. The monoisotopic (exact) mass is 412 g/mol. The maximum atomic E-state index is 13.6. The molecule has 0 aromatic heterocycles. The second-order valence-corrected chi connectivity index (χ2v) is 10.00. The lowest BCUT2D eigenvalue weighted by Gasteiger charge is -2.28. The maximum absolute atomic E-state index is 13.6. The third-order valence-electron chi connectivity index (χ3n) is 5.12. The summed E-state index contributed by atoms with van der Waals surface area (Å²) in [6, 6.07) is 15.7. The molecular weight excluding hydrogens is 383 g/mol. The van der Waals surface area contributed by atoms with Gasteiger partial charge >= 0.3 is 5.97 Å². The standard InChI is InChI=1S/C24H29O4P/c1-19(2)24(25)27-17-11-5-3-4-6-12-18-29(26)23-16-10-8-14-21(23)20-13-7-9-15-22(20)28-29/h7-10,13-16H,1,3-6,11-12,17-18H2,2H3. The summed E-state index contributed by atoms with van der Waals surface area (Å²) < 4.78 is 24.8. The molecule has 1 aliphatic rings. The van der Waals surface area contributed by atoms with Crippen molar-refractivity contribution in [3.8, 4) is 16.9 Å². The van der Waals surface area contributed by atoms with Gasteiger partial charge in [0.25, 0.3) is 7.37 Å². The molecule has 29 heavy (non-hydrogen) atoms. The van der Waals surface area contributed by atoms with E-state index in [0.717, 1.165) is 60.7 Å². The number of esters is 1. The lowest BCUT2D eigenvalue weighted by molar-refractivity contribution is -0.139. The van der Waals surface area contributed by atoms with E-state index in [4.69, 9.17) is 9.26 Å². The Bertz CT molecular complexity index is 919. The van der Waals surface area contributed by atoms with Crippen molar-refractivity contribution in [2.24, 2.45) is 0 Å². The van der Waals surface area contributed by atoms with E-state index in [1.165, 1.54) is 0 Å². The number of hydrogen-bond donors (Lipinski definition) is 0. The van der Waals surface area contributed by atoms with Crippen LogP contribution in [0.5, 0.6) is 5.75 Å². The summed E-state index contributed by atoms with van der Waals surface area (Å²) in [6.45, 7) is 5.67. The summed E-state index contributed by atoms with van der Waals surface area (Å²) in [5.41, 5.74) is 2.48. The zero-order chi connectivity index (χ0) is 20.7. The molecule has 0 N–H and O–H groups in total. The van der Waals surface area contributed by atoms with E-state index in [-0.39, 0.29) is 5.97 Å². The number of unbranched alkanes of at least 4 members (excludes halogenated alkanes) is 5. The molecule has 1 aliphatic heterocycles. The van der Waals surface area contributed by atoms with Crippen molar-refractivity contribution < 1.29 is 18.6 Å². The molecular formula is C24H29O4P. The first-order valence-corrected chi connectivity index (χ1v) is 12.1. The van der Waals surface area contributed by atoms with Gasteiger partial charge in [-0.3, -0.25) is 4.57 Å². The fourth-order valence-electron chi connectivity index (χ4n) is 3.56. The van der Waals surface area contributed by atoms with Gasteiger partial charge in [0, 0.05) is 17.3 Å². The molecule has 3 rings (SSSR count). The number of fused-ring (bicyclic) bond motifs is 3. The molecule has 154 valence electrons. The highest BCUT2D eigenvalue weighted by Gasteiger charge is 2.34. The Labute approximate surface area is 173 Å². The molecule has 0 spiro atoms. The van der Waals surface area contributed by atoms with Crippen LogP contribution < -0.4 is 9.83 Å². The summed E-state index contributed by atoms with van der Waals surface area (Å²) in [5, 5.41) is 0.845. The number of rotatable bonds is 10. The van der Waals surface area contributed by atoms with Crippen LogP contribution in [0.2, 0.25) is 0 Å². The Balaban J connectivity index is 1.44. The van der Waals surface area contributed by atoms with Gasteiger partial charge < -0.3 is 9.26 Å². The van der Waals surface area contributed by atoms with Crippen LogP contribution in [0.3, 0.4) is 0 Å².